The van der Waals surface area contributed by atoms with Crippen LogP contribution < -0.4 is 27.5 Å². The van der Waals surface area contributed by atoms with Crippen molar-refractivity contribution in [2.45, 2.75) is 109 Å². The maximum atomic E-state index is 14.2. The van der Waals surface area contributed by atoms with E-state index in [2.05, 4.69) is 9.88 Å². The van der Waals surface area contributed by atoms with Crippen LogP contribution in [-0.2, 0) is 0 Å². The van der Waals surface area contributed by atoms with Gasteiger partial charge in [-0.1, -0.05) is 37.8 Å². The molecule has 0 spiro atoms. The fourth-order valence-electron chi connectivity index (χ4n) is 8.32. The highest BCUT2D eigenvalue weighted by Crippen LogP contribution is 2.47. The van der Waals surface area contributed by atoms with Gasteiger partial charge in [0.1, 0.15) is 0 Å². The van der Waals surface area contributed by atoms with Gasteiger partial charge in [-0.25, -0.2) is 14.3 Å². The summed E-state index contributed by atoms with van der Waals surface area (Å²) < 4.78 is 16.8. The first kappa shape index (κ1) is 25.5. The van der Waals surface area contributed by atoms with Crippen molar-refractivity contribution in [1.82, 2.24) is 24.0 Å². The smallest absolute Gasteiger partial charge is 0.301 e. The van der Waals surface area contributed by atoms with Gasteiger partial charge in [0.2, 0.25) is 11.6 Å². The second-order valence-corrected chi connectivity index (χ2v) is 11.9. The maximum Gasteiger partial charge on any atom is 0.334 e. The second kappa shape index (κ2) is 10.1. The largest absolute Gasteiger partial charge is 0.334 e. The first-order chi connectivity index (χ1) is 18.4. The van der Waals surface area contributed by atoms with Crippen molar-refractivity contribution in [2.24, 2.45) is 11.8 Å². The molecule has 2 aliphatic heterocycles. The summed E-state index contributed by atoms with van der Waals surface area (Å²) in [6.45, 7) is 3.73. The van der Waals surface area contributed by atoms with E-state index >= 15 is 0 Å². The Morgan fingerprint density at radius 2 is 1.53 bits per heavy atom. The third kappa shape index (κ3) is 4.32. The molecule has 9 heteroatoms. The van der Waals surface area contributed by atoms with E-state index in [1.54, 1.807) is 10.6 Å². The predicted molar refractivity (Wildman–Crippen MR) is 144 cm³/mol. The molecule has 2 saturated carbocycles. The van der Waals surface area contributed by atoms with Crippen LogP contribution in [0.15, 0.2) is 20.6 Å². The van der Waals surface area contributed by atoms with Crippen molar-refractivity contribution in [3.8, 4) is 5.82 Å². The highest BCUT2D eigenvalue weighted by atomic mass is 19.1. The van der Waals surface area contributed by atoms with E-state index in [-0.39, 0.29) is 11.9 Å². The van der Waals surface area contributed by atoms with Gasteiger partial charge in [-0.2, -0.15) is 4.39 Å². The lowest BCUT2D eigenvalue weighted by Crippen LogP contribution is -2.60. The fraction of sp³-hybridized carbons (Fsp3) is 0.655. The molecule has 0 amide bonds. The zero-order chi connectivity index (χ0) is 26.6. The topological polar surface area (TPSA) is 93.0 Å². The molecule has 8 nitrogen and oxygen atoms in total. The minimum absolute atomic E-state index is 0.0351. The molecule has 6 atom stereocenters. The average molecular weight is 524 g/mol. The van der Waals surface area contributed by atoms with E-state index in [1.165, 1.54) is 44.9 Å². The summed E-state index contributed by atoms with van der Waals surface area (Å²) >= 11 is 0. The van der Waals surface area contributed by atoms with Crippen molar-refractivity contribution >= 4 is 12.2 Å². The van der Waals surface area contributed by atoms with Crippen LogP contribution in [0.3, 0.4) is 0 Å². The summed E-state index contributed by atoms with van der Waals surface area (Å²) in [6, 6.07) is 1.49. The van der Waals surface area contributed by atoms with Crippen LogP contribution in [0.25, 0.3) is 18.0 Å². The lowest BCUT2D eigenvalue weighted by atomic mass is 9.68. The molecule has 0 aromatic carbocycles. The molecule has 0 radical (unpaired) electrons. The molecule has 2 saturated heterocycles. The van der Waals surface area contributed by atoms with Crippen LogP contribution >= 0.6 is 0 Å². The van der Waals surface area contributed by atoms with Gasteiger partial charge in [-0.15, -0.1) is 0 Å². The Morgan fingerprint density at radius 3 is 2.16 bits per heavy atom. The second-order valence-electron chi connectivity index (χ2n) is 11.9. The standard InChI is InChI=1S/C29H38FN5O3/c1-3-24-25(4-2)35(28(37)26(31-24)33-16-23(30)27(36)32-29(33)38)22-14-19-9-6-10-20(15-22)34(19)21-12-17-7-5-8-18(11-17)13-21/h3-4,16-22H,5-15H2,1-2H3,(H,32,36,38)/b24-3+,25-4+/t17-,18+,19-,20+,21?,22?. The van der Waals surface area contributed by atoms with Crippen LogP contribution in [0.2, 0.25) is 0 Å². The number of piperidine rings is 2. The molecule has 6 rings (SSSR count). The van der Waals surface area contributed by atoms with Gasteiger partial charge >= 0.3 is 5.69 Å². The van der Waals surface area contributed by atoms with Crippen LogP contribution in [0, 0.1) is 17.7 Å². The van der Waals surface area contributed by atoms with Gasteiger partial charge in [0.05, 0.1) is 16.9 Å². The molecule has 2 aromatic heterocycles. The minimum atomic E-state index is -1.13. The van der Waals surface area contributed by atoms with E-state index in [0.717, 1.165) is 53.6 Å². The fourth-order valence-corrected chi connectivity index (χ4v) is 8.32. The van der Waals surface area contributed by atoms with E-state index in [1.807, 2.05) is 24.9 Å². The van der Waals surface area contributed by atoms with Crippen molar-refractivity contribution in [2.75, 3.05) is 0 Å². The Kier molecular flexibility index (Phi) is 6.74. The number of hydrogen-bond donors (Lipinski definition) is 1. The number of aromatic nitrogens is 4. The Hall–Kier alpha value is -2.81. The van der Waals surface area contributed by atoms with E-state index in [0.29, 0.717) is 23.5 Å². The summed E-state index contributed by atoms with van der Waals surface area (Å²) in [4.78, 5) is 47.4. The Bertz CT molecular complexity index is 1500. The number of hydrogen-bond acceptors (Lipinski definition) is 5. The molecular formula is C29H38FN5O3. The molecule has 4 fully saturated rings. The summed E-state index contributed by atoms with van der Waals surface area (Å²) in [5, 5.41) is 1.29. The number of fused-ring (bicyclic) bond motifs is 4. The van der Waals surface area contributed by atoms with Gasteiger partial charge in [0, 0.05) is 24.2 Å². The summed E-state index contributed by atoms with van der Waals surface area (Å²) in [5.74, 6) is 0.426. The number of nitrogens with zero attached hydrogens (tertiary/aromatic N) is 4. The zero-order valence-corrected chi connectivity index (χ0v) is 22.4. The number of aromatic amines is 1. The Labute approximate surface area is 220 Å². The maximum absolute atomic E-state index is 14.2. The highest BCUT2D eigenvalue weighted by molar-refractivity contribution is 5.28. The number of rotatable bonds is 3. The minimum Gasteiger partial charge on any atom is -0.301 e. The number of halogens is 1. The van der Waals surface area contributed by atoms with Crippen LogP contribution in [-0.4, -0.2) is 42.1 Å². The molecule has 4 heterocycles. The van der Waals surface area contributed by atoms with Gasteiger partial charge in [-0.05, 0) is 70.6 Å². The quantitative estimate of drug-likeness (QED) is 0.667. The van der Waals surface area contributed by atoms with Gasteiger partial charge in [-0.3, -0.25) is 19.5 Å². The first-order valence-electron chi connectivity index (χ1n) is 14.4. The zero-order valence-electron chi connectivity index (χ0n) is 22.4. The lowest BCUT2D eigenvalue weighted by molar-refractivity contribution is -0.0494. The van der Waals surface area contributed by atoms with Crippen molar-refractivity contribution in [3.63, 3.8) is 0 Å². The molecule has 2 aromatic rings. The molecule has 204 valence electrons. The van der Waals surface area contributed by atoms with Crippen LogP contribution in [0.1, 0.15) is 90.5 Å². The normalized spacial score (nSPS) is 32.5. The SMILES string of the molecule is C/C=c1/nc(-n2cc(F)c(=O)[nH]c2=O)c(=O)n(C2C[C@H]3CCC[C@@H](C2)N3C2C[C@H]3CCC[C@@H](C2)C3)/c1=C/C. The number of H-pyrrole nitrogens is 1. The third-order valence-electron chi connectivity index (χ3n) is 9.73. The van der Waals surface area contributed by atoms with Crippen molar-refractivity contribution < 1.29 is 4.39 Å². The summed E-state index contributed by atoms with van der Waals surface area (Å²) in [6.07, 6.45) is 17.9. The molecule has 4 aliphatic rings. The Balaban J connectivity index is 1.41. The van der Waals surface area contributed by atoms with Gasteiger partial charge in [0.25, 0.3) is 11.1 Å². The van der Waals surface area contributed by atoms with E-state index < -0.39 is 22.6 Å². The monoisotopic (exact) mass is 523 g/mol. The van der Waals surface area contributed by atoms with Crippen molar-refractivity contribution in [1.29, 1.82) is 0 Å². The van der Waals surface area contributed by atoms with Crippen molar-refractivity contribution in [3.05, 3.63) is 53.9 Å². The number of nitrogens with one attached hydrogen (secondary N) is 1. The van der Waals surface area contributed by atoms with Crippen LogP contribution in [0.5, 0.6) is 0 Å². The predicted octanol–water partition coefficient (Wildman–Crippen LogP) is 2.35. The molecule has 2 unspecified atom stereocenters. The Morgan fingerprint density at radius 1 is 0.868 bits per heavy atom. The molecule has 1 N–H and O–H groups in total. The summed E-state index contributed by atoms with van der Waals surface area (Å²) in [5.41, 5.74) is -2.42. The van der Waals surface area contributed by atoms with E-state index in [9.17, 15) is 18.8 Å². The third-order valence-corrected chi connectivity index (χ3v) is 9.73. The van der Waals surface area contributed by atoms with Crippen LogP contribution in [0.4, 0.5) is 4.39 Å². The van der Waals surface area contributed by atoms with E-state index in [4.69, 9.17) is 0 Å². The molecule has 4 bridgehead atoms. The molecule has 2 aliphatic carbocycles. The highest BCUT2D eigenvalue weighted by Gasteiger charge is 2.45. The van der Waals surface area contributed by atoms with Gasteiger partial charge < -0.3 is 4.57 Å². The lowest BCUT2D eigenvalue weighted by Gasteiger charge is -2.55. The first-order valence-corrected chi connectivity index (χ1v) is 14.4. The molecular weight excluding hydrogens is 485 g/mol. The summed E-state index contributed by atoms with van der Waals surface area (Å²) in [7, 11) is 0. The van der Waals surface area contributed by atoms with Gasteiger partial charge in [0.15, 0.2) is 0 Å². The average Bonchev–Trinajstić information content (AvgIpc) is 2.89. The molecule has 38 heavy (non-hydrogen) atoms.